The van der Waals surface area contributed by atoms with Crippen molar-refractivity contribution in [2.45, 2.75) is 11.8 Å². The van der Waals surface area contributed by atoms with E-state index in [9.17, 15) is 18.0 Å². The van der Waals surface area contributed by atoms with Crippen molar-refractivity contribution in [1.29, 1.82) is 0 Å². The van der Waals surface area contributed by atoms with E-state index in [-0.39, 0.29) is 21.0 Å². The molecule has 0 bridgehead atoms. The molecule has 7 nitrogen and oxygen atoms in total. The lowest BCUT2D eigenvalue weighted by atomic mass is 10.1. The Morgan fingerprint density at radius 1 is 1.42 bits per heavy atom. The van der Waals surface area contributed by atoms with Gasteiger partial charge in [-0.2, -0.15) is 0 Å². The van der Waals surface area contributed by atoms with Crippen LogP contribution in [-0.4, -0.2) is 31.9 Å². The number of carbonyl (C=O) groups excluding carboxylic acids is 1. The molecule has 1 amide bonds. The fraction of sp³-hybridized carbons (Fsp3) is 0.200. The fourth-order valence-electron chi connectivity index (χ4n) is 1.40. The van der Waals surface area contributed by atoms with Gasteiger partial charge >= 0.3 is 5.97 Å². The molecule has 0 saturated heterocycles. The minimum absolute atomic E-state index is 0.0221. The smallest absolute Gasteiger partial charge is 0.336 e. The van der Waals surface area contributed by atoms with Crippen molar-refractivity contribution in [1.82, 2.24) is 4.72 Å². The SMILES string of the molecule is Cc1c(C(=O)O)cc(Cl)cc1S(=O)(=O)NCC(N)=O. The molecule has 0 fully saturated rings. The summed E-state index contributed by atoms with van der Waals surface area (Å²) in [5, 5.41) is 8.91. The number of aromatic carboxylic acids is 1. The second-order valence-electron chi connectivity index (χ2n) is 3.67. The van der Waals surface area contributed by atoms with Gasteiger partial charge in [-0.1, -0.05) is 11.6 Å². The van der Waals surface area contributed by atoms with Crippen LogP contribution >= 0.6 is 11.6 Å². The van der Waals surface area contributed by atoms with Gasteiger partial charge in [0.15, 0.2) is 0 Å². The Bertz CT molecular complexity index is 642. The predicted octanol–water partition coefficient (Wildman–Crippen LogP) is 0.110. The summed E-state index contributed by atoms with van der Waals surface area (Å²) in [6.45, 7) is 0.745. The average Bonchev–Trinajstić information content (AvgIpc) is 2.28. The number of benzene rings is 1. The number of halogens is 1. The summed E-state index contributed by atoms with van der Waals surface area (Å²) in [7, 11) is -4.06. The van der Waals surface area contributed by atoms with Crippen LogP contribution in [0.4, 0.5) is 0 Å². The second-order valence-corrected chi connectivity index (χ2v) is 5.84. The molecule has 0 aliphatic heterocycles. The number of nitrogens with one attached hydrogen (secondary N) is 1. The second kappa shape index (κ2) is 5.55. The molecule has 0 aromatic heterocycles. The molecule has 104 valence electrons. The van der Waals surface area contributed by atoms with Gasteiger partial charge in [-0.05, 0) is 24.6 Å². The van der Waals surface area contributed by atoms with E-state index in [2.05, 4.69) is 0 Å². The molecule has 1 rings (SSSR count). The zero-order valence-electron chi connectivity index (χ0n) is 9.81. The van der Waals surface area contributed by atoms with Gasteiger partial charge in [-0.25, -0.2) is 17.9 Å². The minimum atomic E-state index is -4.06. The summed E-state index contributed by atoms with van der Waals surface area (Å²) in [5.41, 5.74) is 4.63. The number of hydrogen-bond acceptors (Lipinski definition) is 4. The van der Waals surface area contributed by atoms with E-state index in [1.165, 1.54) is 6.92 Å². The quantitative estimate of drug-likeness (QED) is 0.711. The van der Waals surface area contributed by atoms with Crippen molar-refractivity contribution < 1.29 is 23.1 Å². The van der Waals surface area contributed by atoms with Crippen molar-refractivity contribution >= 4 is 33.5 Å². The number of rotatable bonds is 5. The first kappa shape index (κ1) is 15.4. The highest BCUT2D eigenvalue weighted by molar-refractivity contribution is 7.89. The highest BCUT2D eigenvalue weighted by Crippen LogP contribution is 2.24. The number of hydrogen-bond donors (Lipinski definition) is 3. The summed E-state index contributed by atoms with van der Waals surface area (Å²) in [6.07, 6.45) is 0. The maximum absolute atomic E-state index is 11.9. The number of amides is 1. The normalized spacial score (nSPS) is 11.3. The monoisotopic (exact) mass is 306 g/mol. The lowest BCUT2D eigenvalue weighted by molar-refractivity contribution is -0.116. The van der Waals surface area contributed by atoms with Crippen LogP contribution in [0.1, 0.15) is 15.9 Å². The van der Waals surface area contributed by atoms with Crippen molar-refractivity contribution in [3.63, 3.8) is 0 Å². The highest BCUT2D eigenvalue weighted by Gasteiger charge is 2.22. The maximum atomic E-state index is 11.9. The van der Waals surface area contributed by atoms with Crippen LogP contribution in [0.5, 0.6) is 0 Å². The molecular formula is C10H11ClN2O5S. The summed E-state index contributed by atoms with van der Waals surface area (Å²) >= 11 is 5.69. The van der Waals surface area contributed by atoms with Crippen LogP contribution in [0, 0.1) is 6.92 Å². The summed E-state index contributed by atoms with van der Waals surface area (Å²) in [5.74, 6) is -2.16. The number of nitrogens with two attached hydrogens (primary N) is 1. The van der Waals surface area contributed by atoms with Crippen molar-refractivity contribution in [3.8, 4) is 0 Å². The molecule has 1 aromatic carbocycles. The molecule has 0 unspecified atom stereocenters. The molecule has 0 aliphatic rings. The van der Waals surface area contributed by atoms with Gasteiger partial charge in [0.1, 0.15) is 0 Å². The first-order valence-electron chi connectivity index (χ1n) is 4.96. The largest absolute Gasteiger partial charge is 0.478 e. The molecule has 0 heterocycles. The number of sulfonamides is 1. The zero-order valence-corrected chi connectivity index (χ0v) is 11.4. The van der Waals surface area contributed by atoms with Crippen LogP contribution in [-0.2, 0) is 14.8 Å². The highest BCUT2D eigenvalue weighted by atomic mass is 35.5. The topological polar surface area (TPSA) is 127 Å². The van der Waals surface area contributed by atoms with Gasteiger partial charge in [0.05, 0.1) is 17.0 Å². The van der Waals surface area contributed by atoms with E-state index >= 15 is 0 Å². The third-order valence-electron chi connectivity index (χ3n) is 2.28. The number of carboxylic acids is 1. The van der Waals surface area contributed by atoms with Gasteiger partial charge in [0, 0.05) is 5.02 Å². The number of primary amides is 1. The minimum Gasteiger partial charge on any atom is -0.478 e. The van der Waals surface area contributed by atoms with E-state index in [1.807, 2.05) is 4.72 Å². The van der Waals surface area contributed by atoms with E-state index in [4.69, 9.17) is 22.4 Å². The van der Waals surface area contributed by atoms with Crippen molar-refractivity contribution in [3.05, 3.63) is 28.3 Å². The Labute approximate surface area is 114 Å². The Hall–Kier alpha value is -1.64. The van der Waals surface area contributed by atoms with Crippen LogP contribution < -0.4 is 10.5 Å². The Kier molecular flexibility index (Phi) is 4.51. The lowest BCUT2D eigenvalue weighted by Gasteiger charge is -2.11. The van der Waals surface area contributed by atoms with Gasteiger partial charge in [0.2, 0.25) is 15.9 Å². The molecule has 0 atom stereocenters. The van der Waals surface area contributed by atoms with Gasteiger partial charge in [-0.15, -0.1) is 0 Å². The van der Waals surface area contributed by atoms with Gasteiger partial charge in [-0.3, -0.25) is 4.79 Å². The number of carbonyl (C=O) groups is 2. The lowest BCUT2D eigenvalue weighted by Crippen LogP contribution is -2.33. The van der Waals surface area contributed by atoms with Gasteiger partial charge < -0.3 is 10.8 Å². The van der Waals surface area contributed by atoms with Crippen LogP contribution in [0.25, 0.3) is 0 Å². The van der Waals surface area contributed by atoms with E-state index in [1.54, 1.807) is 0 Å². The summed E-state index contributed by atoms with van der Waals surface area (Å²) < 4.78 is 25.8. The Balaban J connectivity index is 3.34. The molecule has 19 heavy (non-hydrogen) atoms. The predicted molar refractivity (Wildman–Crippen MR) is 67.5 cm³/mol. The fourth-order valence-corrected chi connectivity index (χ4v) is 2.97. The summed E-state index contributed by atoms with van der Waals surface area (Å²) in [4.78, 5) is 21.2. The zero-order chi connectivity index (χ0) is 14.8. The molecule has 4 N–H and O–H groups in total. The first-order valence-corrected chi connectivity index (χ1v) is 6.82. The standard InChI is InChI=1S/C10H11ClN2O5S/c1-5-7(10(15)16)2-6(11)3-8(5)19(17,18)13-4-9(12)14/h2-3,13H,4H2,1H3,(H2,12,14)(H,15,16). The first-order chi connectivity index (χ1) is 8.65. The average molecular weight is 307 g/mol. The molecule has 0 spiro atoms. The van der Waals surface area contributed by atoms with Crippen molar-refractivity contribution in [2.75, 3.05) is 6.54 Å². The van der Waals surface area contributed by atoms with Crippen LogP contribution in [0.3, 0.4) is 0 Å². The maximum Gasteiger partial charge on any atom is 0.336 e. The molecule has 0 radical (unpaired) electrons. The molecular weight excluding hydrogens is 296 g/mol. The van der Waals surface area contributed by atoms with E-state index in [0.717, 1.165) is 12.1 Å². The molecule has 1 aromatic rings. The van der Waals surface area contributed by atoms with E-state index < -0.39 is 28.4 Å². The summed E-state index contributed by atoms with van der Waals surface area (Å²) in [6, 6.07) is 2.25. The Morgan fingerprint density at radius 2 is 2.00 bits per heavy atom. The number of carboxylic acid groups (broad SMARTS) is 1. The molecule has 0 saturated carbocycles. The van der Waals surface area contributed by atoms with E-state index in [0.29, 0.717) is 0 Å². The molecule has 0 aliphatic carbocycles. The van der Waals surface area contributed by atoms with Crippen LogP contribution in [0.2, 0.25) is 5.02 Å². The molecule has 9 heteroatoms. The van der Waals surface area contributed by atoms with Crippen molar-refractivity contribution in [2.24, 2.45) is 5.73 Å². The Morgan fingerprint density at radius 3 is 2.47 bits per heavy atom. The van der Waals surface area contributed by atoms with Crippen LogP contribution in [0.15, 0.2) is 17.0 Å². The third kappa shape index (κ3) is 3.66. The van der Waals surface area contributed by atoms with Gasteiger partial charge in [0.25, 0.3) is 0 Å². The third-order valence-corrected chi connectivity index (χ3v) is 4.03.